The first kappa shape index (κ1) is 18.4. The van der Waals surface area contributed by atoms with Crippen LogP contribution in [0.4, 0.5) is 0 Å². The quantitative estimate of drug-likeness (QED) is 0.564. The van der Waals surface area contributed by atoms with Crippen LogP contribution in [0.3, 0.4) is 0 Å². The van der Waals surface area contributed by atoms with Crippen LogP contribution in [-0.2, 0) is 0 Å². The zero-order valence-corrected chi connectivity index (χ0v) is 15.1. The summed E-state index contributed by atoms with van der Waals surface area (Å²) in [6.07, 6.45) is 3.24. The summed E-state index contributed by atoms with van der Waals surface area (Å²) in [5.74, 6) is 2.23. The standard InChI is InChI=1S/C20H22O5/c1-13-10-15(22-2)12-19(25-5)20(13)16(21)8-6-14-7-9-17(23-3)18(11-14)24-4/h6-12H,1-5H3/b8-6+. The molecule has 2 rings (SSSR count). The van der Waals surface area contributed by atoms with E-state index in [9.17, 15) is 4.79 Å². The molecule has 0 radical (unpaired) electrons. The maximum atomic E-state index is 12.6. The second kappa shape index (κ2) is 8.24. The normalized spacial score (nSPS) is 10.6. The number of carbonyl (C=O) groups excluding carboxylic acids is 1. The molecule has 5 nitrogen and oxygen atoms in total. The van der Waals surface area contributed by atoms with Crippen molar-refractivity contribution in [2.24, 2.45) is 0 Å². The minimum atomic E-state index is -0.146. The Balaban J connectivity index is 2.32. The number of ether oxygens (including phenoxy) is 4. The second-order valence-corrected chi connectivity index (χ2v) is 5.33. The maximum Gasteiger partial charge on any atom is 0.189 e. The van der Waals surface area contributed by atoms with Crippen LogP contribution < -0.4 is 18.9 Å². The molecule has 2 aromatic carbocycles. The number of allylic oxidation sites excluding steroid dienone is 1. The van der Waals surface area contributed by atoms with Gasteiger partial charge >= 0.3 is 0 Å². The molecule has 0 unspecified atom stereocenters. The number of ketones is 1. The molecule has 0 fully saturated rings. The molecule has 5 heteroatoms. The number of carbonyl (C=O) groups is 1. The zero-order chi connectivity index (χ0) is 18.4. The largest absolute Gasteiger partial charge is 0.497 e. The van der Waals surface area contributed by atoms with Gasteiger partial charge in [0.05, 0.1) is 34.0 Å². The Hall–Kier alpha value is -2.95. The van der Waals surface area contributed by atoms with Gasteiger partial charge in [0.2, 0.25) is 0 Å². The van der Waals surface area contributed by atoms with Crippen molar-refractivity contribution in [3.63, 3.8) is 0 Å². The molecule has 132 valence electrons. The van der Waals surface area contributed by atoms with E-state index in [1.54, 1.807) is 51.7 Å². The van der Waals surface area contributed by atoms with Crippen molar-refractivity contribution in [3.8, 4) is 23.0 Å². The highest BCUT2D eigenvalue weighted by Gasteiger charge is 2.15. The van der Waals surface area contributed by atoms with Crippen molar-refractivity contribution in [1.82, 2.24) is 0 Å². The monoisotopic (exact) mass is 342 g/mol. The molecule has 0 heterocycles. The molecule has 0 spiro atoms. The smallest absolute Gasteiger partial charge is 0.189 e. The lowest BCUT2D eigenvalue weighted by Crippen LogP contribution is -2.03. The fourth-order valence-electron chi connectivity index (χ4n) is 2.53. The van der Waals surface area contributed by atoms with Crippen molar-refractivity contribution < 1.29 is 23.7 Å². The summed E-state index contributed by atoms with van der Waals surface area (Å²) in [5, 5.41) is 0. The van der Waals surface area contributed by atoms with Gasteiger partial charge in [0.1, 0.15) is 11.5 Å². The fourth-order valence-corrected chi connectivity index (χ4v) is 2.53. The summed E-state index contributed by atoms with van der Waals surface area (Å²) >= 11 is 0. The van der Waals surface area contributed by atoms with E-state index in [0.717, 1.165) is 11.1 Å². The molecular weight excluding hydrogens is 320 g/mol. The van der Waals surface area contributed by atoms with Gasteiger partial charge in [-0.1, -0.05) is 12.1 Å². The third kappa shape index (κ3) is 4.12. The lowest BCUT2D eigenvalue weighted by atomic mass is 10.0. The topological polar surface area (TPSA) is 54.0 Å². The van der Waals surface area contributed by atoms with Crippen LogP contribution in [0.1, 0.15) is 21.5 Å². The first-order valence-electron chi connectivity index (χ1n) is 7.71. The predicted octanol–water partition coefficient (Wildman–Crippen LogP) is 3.93. The molecule has 2 aromatic rings. The molecule has 0 bridgehead atoms. The number of benzene rings is 2. The second-order valence-electron chi connectivity index (χ2n) is 5.33. The maximum absolute atomic E-state index is 12.6. The van der Waals surface area contributed by atoms with Gasteiger partial charge in [-0.25, -0.2) is 0 Å². The summed E-state index contributed by atoms with van der Waals surface area (Å²) in [6, 6.07) is 8.96. The van der Waals surface area contributed by atoms with Crippen LogP contribution in [0.5, 0.6) is 23.0 Å². The van der Waals surface area contributed by atoms with E-state index in [-0.39, 0.29) is 5.78 Å². The van der Waals surface area contributed by atoms with E-state index < -0.39 is 0 Å². The molecule has 0 aliphatic heterocycles. The number of aryl methyl sites for hydroxylation is 1. The third-order valence-electron chi connectivity index (χ3n) is 3.81. The zero-order valence-electron chi connectivity index (χ0n) is 15.1. The Labute approximate surface area is 147 Å². The van der Waals surface area contributed by atoms with Gasteiger partial charge in [-0.05, 0) is 42.3 Å². The minimum Gasteiger partial charge on any atom is -0.497 e. The van der Waals surface area contributed by atoms with Crippen LogP contribution in [0.15, 0.2) is 36.4 Å². The van der Waals surface area contributed by atoms with Crippen molar-refractivity contribution in [1.29, 1.82) is 0 Å². The predicted molar refractivity (Wildman–Crippen MR) is 97.2 cm³/mol. The minimum absolute atomic E-state index is 0.146. The summed E-state index contributed by atoms with van der Waals surface area (Å²) in [4.78, 5) is 12.6. The van der Waals surface area contributed by atoms with Gasteiger partial charge in [-0.15, -0.1) is 0 Å². The molecule has 0 saturated carbocycles. The van der Waals surface area contributed by atoms with Crippen LogP contribution in [-0.4, -0.2) is 34.2 Å². The molecule has 0 aliphatic rings. The van der Waals surface area contributed by atoms with Gasteiger partial charge in [0.15, 0.2) is 17.3 Å². The summed E-state index contributed by atoms with van der Waals surface area (Å²) in [7, 11) is 6.26. The molecule has 0 aliphatic carbocycles. The SMILES string of the molecule is COc1cc(C)c(C(=O)/C=C/c2ccc(OC)c(OC)c2)c(OC)c1. The summed E-state index contributed by atoms with van der Waals surface area (Å²) in [5.41, 5.74) is 2.13. The van der Waals surface area contributed by atoms with Gasteiger partial charge < -0.3 is 18.9 Å². The van der Waals surface area contributed by atoms with Crippen molar-refractivity contribution >= 4 is 11.9 Å². The van der Waals surface area contributed by atoms with Crippen molar-refractivity contribution in [3.05, 3.63) is 53.1 Å². The average molecular weight is 342 g/mol. The number of methoxy groups -OCH3 is 4. The summed E-state index contributed by atoms with van der Waals surface area (Å²) in [6.45, 7) is 1.85. The van der Waals surface area contributed by atoms with Crippen molar-refractivity contribution in [2.45, 2.75) is 6.92 Å². The Kier molecular flexibility index (Phi) is 6.06. The van der Waals surface area contributed by atoms with Crippen LogP contribution >= 0.6 is 0 Å². The molecule has 0 saturated heterocycles. The van der Waals surface area contributed by atoms with Gasteiger partial charge in [-0.3, -0.25) is 4.79 Å². The molecule has 0 N–H and O–H groups in total. The molecule has 25 heavy (non-hydrogen) atoms. The lowest BCUT2D eigenvalue weighted by Gasteiger charge is -2.11. The number of rotatable bonds is 7. The molecular formula is C20H22O5. The lowest BCUT2D eigenvalue weighted by molar-refractivity contribution is 0.104. The van der Waals surface area contributed by atoms with Crippen LogP contribution in [0, 0.1) is 6.92 Å². The van der Waals surface area contributed by atoms with Crippen LogP contribution in [0.2, 0.25) is 0 Å². The number of hydrogen-bond donors (Lipinski definition) is 0. The molecule has 0 atom stereocenters. The van der Waals surface area contributed by atoms with Crippen molar-refractivity contribution in [2.75, 3.05) is 28.4 Å². The highest BCUT2D eigenvalue weighted by molar-refractivity contribution is 6.09. The Morgan fingerprint density at radius 1 is 0.840 bits per heavy atom. The highest BCUT2D eigenvalue weighted by atomic mass is 16.5. The van der Waals surface area contributed by atoms with Gasteiger partial charge in [0.25, 0.3) is 0 Å². The Morgan fingerprint density at radius 3 is 2.12 bits per heavy atom. The van der Waals surface area contributed by atoms with Gasteiger partial charge in [0, 0.05) is 6.07 Å². The van der Waals surface area contributed by atoms with E-state index >= 15 is 0 Å². The summed E-state index contributed by atoms with van der Waals surface area (Å²) < 4.78 is 21.0. The fraction of sp³-hybridized carbons (Fsp3) is 0.250. The first-order valence-corrected chi connectivity index (χ1v) is 7.71. The average Bonchev–Trinajstić information content (AvgIpc) is 2.64. The Morgan fingerprint density at radius 2 is 1.52 bits per heavy atom. The highest BCUT2D eigenvalue weighted by Crippen LogP contribution is 2.30. The van der Waals surface area contributed by atoms with E-state index in [1.165, 1.54) is 13.2 Å². The van der Waals surface area contributed by atoms with E-state index in [0.29, 0.717) is 28.6 Å². The third-order valence-corrected chi connectivity index (χ3v) is 3.81. The molecule has 0 aromatic heterocycles. The molecule has 0 amide bonds. The van der Waals surface area contributed by atoms with E-state index in [1.807, 2.05) is 13.0 Å². The van der Waals surface area contributed by atoms with E-state index in [2.05, 4.69) is 0 Å². The van der Waals surface area contributed by atoms with Crippen LogP contribution in [0.25, 0.3) is 6.08 Å². The van der Waals surface area contributed by atoms with E-state index in [4.69, 9.17) is 18.9 Å². The number of hydrogen-bond acceptors (Lipinski definition) is 5. The Bertz CT molecular complexity index is 793. The first-order chi connectivity index (χ1) is 12.0. The van der Waals surface area contributed by atoms with Gasteiger partial charge in [-0.2, -0.15) is 0 Å².